The van der Waals surface area contributed by atoms with Crippen LogP contribution in [0.4, 0.5) is 0 Å². The molecule has 1 heterocycles. The third-order valence-corrected chi connectivity index (χ3v) is 6.49. The van der Waals surface area contributed by atoms with Crippen molar-refractivity contribution in [3.05, 3.63) is 83.9 Å². The van der Waals surface area contributed by atoms with Gasteiger partial charge in [0.05, 0.1) is 12.0 Å². The third kappa shape index (κ3) is 5.99. The molecule has 4 rings (SSSR count). The van der Waals surface area contributed by atoms with Crippen LogP contribution < -0.4 is 9.61 Å². The molecule has 0 atom stereocenters. The van der Waals surface area contributed by atoms with Crippen molar-refractivity contribution in [3.8, 4) is 5.75 Å². The van der Waals surface area contributed by atoms with Gasteiger partial charge in [0.2, 0.25) is 0 Å². The number of hydrogen-bond donors (Lipinski definition) is 1. The van der Waals surface area contributed by atoms with Crippen molar-refractivity contribution in [2.45, 2.75) is 17.0 Å². The van der Waals surface area contributed by atoms with Gasteiger partial charge < -0.3 is 8.60 Å². The summed E-state index contributed by atoms with van der Waals surface area (Å²) in [5, 5.41) is 4.32. The van der Waals surface area contributed by atoms with Crippen molar-refractivity contribution in [3.63, 3.8) is 0 Å². The van der Waals surface area contributed by atoms with E-state index in [9.17, 15) is 13.2 Å². The zero-order chi connectivity index (χ0) is 23.3. The van der Waals surface area contributed by atoms with Crippen LogP contribution in [0.1, 0.15) is 11.1 Å². The summed E-state index contributed by atoms with van der Waals surface area (Å²) in [4.78, 5) is 16.4. The summed E-state index contributed by atoms with van der Waals surface area (Å²) >= 11 is 1.17. The molecule has 0 bridgehead atoms. The smallest absolute Gasteiger partial charge is 0.339 e. The molecule has 0 aliphatic rings. The van der Waals surface area contributed by atoms with Gasteiger partial charge >= 0.3 is 10.1 Å². The van der Waals surface area contributed by atoms with E-state index < -0.39 is 10.1 Å². The molecule has 1 aromatic heterocycles. The van der Waals surface area contributed by atoms with Crippen molar-refractivity contribution < 1.29 is 21.8 Å². The van der Waals surface area contributed by atoms with E-state index in [0.29, 0.717) is 16.4 Å². The van der Waals surface area contributed by atoms with Crippen molar-refractivity contribution >= 4 is 45.1 Å². The van der Waals surface area contributed by atoms with Crippen LogP contribution >= 0.6 is 11.8 Å². The third-order valence-electron chi connectivity index (χ3n) is 4.40. The average molecular weight is 482 g/mol. The van der Waals surface area contributed by atoms with Crippen LogP contribution in [0.15, 0.2) is 92.4 Å². The zero-order valence-corrected chi connectivity index (χ0v) is 19.1. The van der Waals surface area contributed by atoms with E-state index >= 15 is 0 Å². The van der Waals surface area contributed by atoms with Crippen LogP contribution in [0.3, 0.4) is 0 Å². The molecule has 0 aliphatic heterocycles. The zero-order valence-electron chi connectivity index (χ0n) is 17.5. The van der Waals surface area contributed by atoms with Crippen molar-refractivity contribution in [1.82, 2.24) is 10.4 Å². The van der Waals surface area contributed by atoms with Crippen molar-refractivity contribution in [2.75, 3.05) is 5.75 Å². The molecule has 33 heavy (non-hydrogen) atoms. The Morgan fingerprint density at radius 3 is 2.55 bits per heavy atom. The average Bonchev–Trinajstić information content (AvgIpc) is 3.22. The van der Waals surface area contributed by atoms with Gasteiger partial charge in [-0.25, -0.2) is 10.4 Å². The Bertz CT molecular complexity index is 1360. The Kier molecular flexibility index (Phi) is 6.76. The predicted molar refractivity (Wildman–Crippen MR) is 126 cm³/mol. The Labute approximate surface area is 194 Å². The van der Waals surface area contributed by atoms with Crippen LogP contribution in [0.25, 0.3) is 11.1 Å². The molecular formula is C23H19N3O5S2. The number of fused-ring (bicyclic) bond motifs is 1. The van der Waals surface area contributed by atoms with Crippen molar-refractivity contribution in [2.24, 2.45) is 5.10 Å². The Morgan fingerprint density at radius 2 is 1.82 bits per heavy atom. The van der Waals surface area contributed by atoms with Gasteiger partial charge in [0.1, 0.15) is 16.2 Å². The van der Waals surface area contributed by atoms with E-state index in [2.05, 4.69) is 15.5 Å². The molecule has 0 saturated carbocycles. The first-order valence-corrected chi connectivity index (χ1v) is 12.2. The first-order chi connectivity index (χ1) is 15.9. The SMILES string of the molecule is Cc1ccc(S(=O)(=O)Oc2ccc(/C=N\NC(=O)CSc3nc4ccccc4o3)cc2)cc1. The minimum Gasteiger partial charge on any atom is -0.431 e. The number of rotatable bonds is 8. The summed E-state index contributed by atoms with van der Waals surface area (Å²) in [6.45, 7) is 1.87. The van der Waals surface area contributed by atoms with Crippen LogP contribution in [-0.4, -0.2) is 31.3 Å². The number of oxazole rings is 1. The van der Waals surface area contributed by atoms with Crippen molar-refractivity contribution in [1.29, 1.82) is 0 Å². The lowest BCUT2D eigenvalue weighted by Crippen LogP contribution is -2.19. The number of nitrogens with one attached hydrogen (secondary N) is 1. The lowest BCUT2D eigenvalue weighted by molar-refractivity contribution is -0.118. The van der Waals surface area contributed by atoms with E-state index in [1.54, 1.807) is 24.3 Å². The van der Waals surface area contributed by atoms with Crippen LogP contribution in [0, 0.1) is 6.92 Å². The van der Waals surface area contributed by atoms with Crippen LogP contribution in [0.5, 0.6) is 5.75 Å². The maximum Gasteiger partial charge on any atom is 0.339 e. The summed E-state index contributed by atoms with van der Waals surface area (Å²) in [7, 11) is -3.91. The molecule has 3 aromatic carbocycles. The molecule has 8 nitrogen and oxygen atoms in total. The molecule has 0 unspecified atom stereocenters. The second-order valence-electron chi connectivity index (χ2n) is 6.95. The Morgan fingerprint density at radius 1 is 1.09 bits per heavy atom. The highest BCUT2D eigenvalue weighted by atomic mass is 32.2. The molecule has 168 valence electrons. The number of thioether (sulfide) groups is 1. The van der Waals surface area contributed by atoms with E-state index in [4.69, 9.17) is 8.60 Å². The minimum absolute atomic E-state index is 0.0807. The fourth-order valence-corrected chi connectivity index (χ4v) is 4.30. The van der Waals surface area contributed by atoms with E-state index in [0.717, 1.165) is 11.1 Å². The summed E-state index contributed by atoms with van der Waals surface area (Å²) in [5.74, 6) is -0.0532. The van der Waals surface area contributed by atoms with Gasteiger partial charge in [-0.05, 0) is 61.0 Å². The van der Waals surface area contributed by atoms with E-state index in [1.807, 2.05) is 31.2 Å². The second kappa shape index (κ2) is 9.88. The molecule has 1 N–H and O–H groups in total. The number of hydrazone groups is 1. The normalized spacial score (nSPS) is 11.7. The summed E-state index contributed by atoms with van der Waals surface area (Å²) in [6, 6.07) is 20.0. The number of para-hydroxylation sites is 2. The maximum atomic E-state index is 12.4. The molecule has 4 aromatic rings. The van der Waals surface area contributed by atoms with Gasteiger partial charge in [-0.2, -0.15) is 13.5 Å². The molecule has 0 aliphatic carbocycles. The van der Waals surface area contributed by atoms with Crippen LogP contribution in [-0.2, 0) is 14.9 Å². The molecule has 0 saturated heterocycles. The highest BCUT2D eigenvalue weighted by Crippen LogP contribution is 2.23. The van der Waals surface area contributed by atoms with E-state index in [-0.39, 0.29) is 22.3 Å². The Balaban J connectivity index is 1.27. The van der Waals surface area contributed by atoms with Gasteiger partial charge in [0.15, 0.2) is 5.58 Å². The lowest BCUT2D eigenvalue weighted by atomic mass is 10.2. The van der Waals surface area contributed by atoms with Gasteiger partial charge in [0, 0.05) is 0 Å². The largest absolute Gasteiger partial charge is 0.431 e. The fraction of sp³-hybridized carbons (Fsp3) is 0.0870. The topological polar surface area (TPSA) is 111 Å². The number of hydrogen-bond acceptors (Lipinski definition) is 8. The summed E-state index contributed by atoms with van der Waals surface area (Å²) < 4.78 is 35.4. The highest BCUT2D eigenvalue weighted by Gasteiger charge is 2.16. The standard InChI is InChI=1S/C23H19N3O5S2/c1-16-6-12-19(13-7-16)33(28,29)31-18-10-8-17(9-11-18)14-24-26-22(27)15-32-23-25-20-4-2-3-5-21(20)30-23/h2-14H,15H2,1H3,(H,26,27)/b24-14-. The minimum atomic E-state index is -3.91. The van der Waals surface area contributed by atoms with Gasteiger partial charge in [0.25, 0.3) is 11.1 Å². The molecule has 0 fully saturated rings. The summed E-state index contributed by atoms with van der Waals surface area (Å²) in [6.07, 6.45) is 1.44. The number of aromatic nitrogens is 1. The number of carbonyl (C=O) groups is 1. The fourth-order valence-electron chi connectivity index (χ4n) is 2.74. The first kappa shape index (κ1) is 22.6. The molecule has 1 amide bonds. The number of benzene rings is 3. The molecular weight excluding hydrogens is 462 g/mol. The van der Waals surface area contributed by atoms with E-state index in [1.165, 1.54) is 42.2 Å². The number of amides is 1. The monoisotopic (exact) mass is 481 g/mol. The molecule has 0 radical (unpaired) electrons. The quantitative estimate of drug-likeness (QED) is 0.174. The highest BCUT2D eigenvalue weighted by molar-refractivity contribution is 7.99. The number of aryl methyl sites for hydroxylation is 1. The van der Waals surface area contributed by atoms with Gasteiger partial charge in [-0.1, -0.05) is 41.6 Å². The first-order valence-electron chi connectivity index (χ1n) is 9.80. The summed E-state index contributed by atoms with van der Waals surface area (Å²) in [5.41, 5.74) is 5.43. The lowest BCUT2D eigenvalue weighted by Gasteiger charge is -2.07. The van der Waals surface area contributed by atoms with Crippen LogP contribution in [0.2, 0.25) is 0 Å². The Hall–Kier alpha value is -3.63. The second-order valence-corrected chi connectivity index (χ2v) is 9.42. The number of nitrogens with zero attached hydrogens (tertiary/aromatic N) is 2. The molecule has 10 heteroatoms. The molecule has 0 spiro atoms. The predicted octanol–water partition coefficient (Wildman–Crippen LogP) is 4.15. The maximum absolute atomic E-state index is 12.4. The van der Waals surface area contributed by atoms with Gasteiger partial charge in [-0.3, -0.25) is 4.79 Å². The number of carbonyl (C=O) groups excluding carboxylic acids is 1. The van der Waals surface area contributed by atoms with Gasteiger partial charge in [-0.15, -0.1) is 0 Å².